The summed E-state index contributed by atoms with van der Waals surface area (Å²) in [6, 6.07) is 4.86. The number of carbonyl (C=O) groups is 3. The maximum atomic E-state index is 12.6. The summed E-state index contributed by atoms with van der Waals surface area (Å²) >= 11 is 0. The first-order chi connectivity index (χ1) is 12.8. The van der Waals surface area contributed by atoms with Gasteiger partial charge in [-0.25, -0.2) is 4.79 Å². The highest BCUT2D eigenvalue weighted by Crippen LogP contribution is 2.14. The number of alkyl carbamates (subject to hydrolysis) is 1. The second-order valence-electron chi connectivity index (χ2n) is 7.68. The number of hydrogen-bond acceptors (Lipinski definition) is 5. The molecule has 0 unspecified atom stereocenters. The van der Waals surface area contributed by atoms with Crippen LogP contribution in [0.1, 0.15) is 40.2 Å². The topological polar surface area (TPSA) is 153 Å². The molecule has 3 amide bonds. The fourth-order valence-corrected chi connectivity index (χ4v) is 2.14. The van der Waals surface area contributed by atoms with Crippen LogP contribution in [-0.2, 0) is 20.7 Å². The molecule has 0 aliphatic carbocycles. The molecule has 0 aliphatic heterocycles. The fourth-order valence-electron chi connectivity index (χ4n) is 2.14. The SMILES string of the molecule is CC(C)(C)OC(=O)NC(C)(C)C(=O)N[C@@H](Cc1ccc(O)cc1)C(=O)N=[N+]=[N-]. The molecule has 1 atom stereocenters. The Labute approximate surface area is 162 Å². The average Bonchev–Trinajstić information content (AvgIpc) is 2.53. The van der Waals surface area contributed by atoms with Crippen molar-refractivity contribution < 1.29 is 24.2 Å². The van der Waals surface area contributed by atoms with E-state index in [1.54, 1.807) is 32.9 Å². The zero-order chi connectivity index (χ0) is 21.5. The smallest absolute Gasteiger partial charge is 0.408 e. The summed E-state index contributed by atoms with van der Waals surface area (Å²) in [5, 5.41) is 17.3. The first-order valence-electron chi connectivity index (χ1n) is 8.53. The quantitative estimate of drug-likeness (QED) is 0.386. The number of phenolic OH excluding ortho intramolecular Hbond substituents is 1. The third kappa shape index (κ3) is 7.55. The van der Waals surface area contributed by atoms with Crippen molar-refractivity contribution in [2.24, 2.45) is 5.11 Å². The van der Waals surface area contributed by atoms with Gasteiger partial charge in [0, 0.05) is 4.91 Å². The van der Waals surface area contributed by atoms with Gasteiger partial charge in [0.05, 0.1) is 6.04 Å². The van der Waals surface area contributed by atoms with E-state index >= 15 is 0 Å². The van der Waals surface area contributed by atoms with Crippen LogP contribution in [0.3, 0.4) is 0 Å². The third-order valence-electron chi connectivity index (χ3n) is 3.50. The second kappa shape index (κ2) is 9.09. The highest BCUT2D eigenvalue weighted by atomic mass is 16.6. The fraction of sp³-hybridized carbons (Fsp3) is 0.500. The Morgan fingerprint density at radius 1 is 1.18 bits per heavy atom. The molecule has 152 valence electrons. The number of ether oxygens (including phenoxy) is 1. The van der Waals surface area contributed by atoms with Crippen LogP contribution in [-0.4, -0.2) is 40.2 Å². The predicted octanol–water partition coefficient (Wildman–Crippen LogP) is 2.56. The van der Waals surface area contributed by atoms with Gasteiger partial charge >= 0.3 is 6.09 Å². The van der Waals surface area contributed by atoms with Crippen molar-refractivity contribution in [2.45, 2.75) is 58.2 Å². The molecule has 0 saturated heterocycles. The predicted molar refractivity (Wildman–Crippen MR) is 101 cm³/mol. The van der Waals surface area contributed by atoms with Crippen LogP contribution in [0.15, 0.2) is 29.4 Å². The summed E-state index contributed by atoms with van der Waals surface area (Å²) in [4.78, 5) is 39.1. The van der Waals surface area contributed by atoms with E-state index in [9.17, 15) is 19.5 Å². The Balaban J connectivity index is 2.92. The molecule has 1 aromatic carbocycles. The number of carbonyl (C=O) groups excluding carboxylic acids is 3. The van der Waals surface area contributed by atoms with Crippen molar-refractivity contribution in [1.29, 1.82) is 0 Å². The Kier molecular flexibility index (Phi) is 7.40. The number of amides is 3. The van der Waals surface area contributed by atoms with Gasteiger partial charge in [-0.3, -0.25) is 9.59 Å². The molecular formula is C18H25N5O5. The molecule has 10 nitrogen and oxygen atoms in total. The molecule has 10 heteroatoms. The molecule has 0 bridgehead atoms. The van der Waals surface area contributed by atoms with E-state index in [-0.39, 0.29) is 12.2 Å². The number of phenols is 1. The van der Waals surface area contributed by atoms with Crippen molar-refractivity contribution in [3.8, 4) is 5.75 Å². The molecular weight excluding hydrogens is 366 g/mol. The van der Waals surface area contributed by atoms with E-state index in [1.807, 2.05) is 0 Å². The van der Waals surface area contributed by atoms with Gasteiger partial charge in [-0.1, -0.05) is 12.1 Å². The highest BCUT2D eigenvalue weighted by Gasteiger charge is 2.34. The molecule has 0 fully saturated rings. The van der Waals surface area contributed by atoms with Crippen molar-refractivity contribution >= 4 is 17.9 Å². The third-order valence-corrected chi connectivity index (χ3v) is 3.50. The molecule has 0 spiro atoms. The maximum Gasteiger partial charge on any atom is 0.408 e. The van der Waals surface area contributed by atoms with Crippen molar-refractivity contribution in [1.82, 2.24) is 10.6 Å². The Morgan fingerprint density at radius 3 is 2.25 bits per heavy atom. The van der Waals surface area contributed by atoms with Gasteiger partial charge < -0.3 is 20.5 Å². The van der Waals surface area contributed by atoms with E-state index < -0.39 is 35.1 Å². The van der Waals surface area contributed by atoms with Crippen LogP contribution in [0.5, 0.6) is 5.75 Å². The minimum atomic E-state index is -1.40. The highest BCUT2D eigenvalue weighted by molar-refractivity contribution is 5.93. The number of aromatic hydroxyl groups is 1. The van der Waals surface area contributed by atoms with E-state index in [0.29, 0.717) is 5.56 Å². The van der Waals surface area contributed by atoms with E-state index in [4.69, 9.17) is 10.3 Å². The average molecular weight is 391 g/mol. The molecule has 1 aromatic rings. The van der Waals surface area contributed by atoms with Gasteiger partial charge in [0.1, 0.15) is 16.9 Å². The summed E-state index contributed by atoms with van der Waals surface area (Å²) in [5.74, 6) is -1.49. The molecule has 0 aromatic heterocycles. The van der Waals surface area contributed by atoms with Crippen molar-refractivity contribution in [3.63, 3.8) is 0 Å². The van der Waals surface area contributed by atoms with E-state index in [0.717, 1.165) is 0 Å². The van der Waals surface area contributed by atoms with Gasteiger partial charge in [-0.15, -0.1) is 0 Å². The van der Waals surface area contributed by atoms with Crippen LogP contribution in [0, 0.1) is 0 Å². The second-order valence-corrected chi connectivity index (χ2v) is 7.68. The molecule has 3 N–H and O–H groups in total. The lowest BCUT2D eigenvalue weighted by molar-refractivity contribution is -0.130. The Bertz CT molecular complexity index is 777. The van der Waals surface area contributed by atoms with E-state index in [1.165, 1.54) is 26.0 Å². The van der Waals surface area contributed by atoms with Gasteiger partial charge in [-0.2, -0.15) is 0 Å². The number of nitrogens with one attached hydrogen (secondary N) is 2. The summed E-state index contributed by atoms with van der Waals surface area (Å²) in [6.07, 6.45) is -0.754. The monoisotopic (exact) mass is 391 g/mol. The standard InChI is InChI=1S/C18H25N5O5/c1-17(2,3)28-16(27)21-18(4,5)15(26)20-13(14(25)22-23-19)10-11-6-8-12(24)9-7-11/h6-9,13,24H,10H2,1-5H3,(H,20,26)(H,21,27)/t13-/m0/s1. The van der Waals surface area contributed by atoms with Gasteiger partial charge in [-0.05, 0) is 69.4 Å². The van der Waals surface area contributed by atoms with Gasteiger partial charge in [0.25, 0.3) is 0 Å². The normalized spacial score (nSPS) is 12.3. The number of benzene rings is 1. The van der Waals surface area contributed by atoms with Crippen molar-refractivity contribution in [3.05, 3.63) is 40.3 Å². The molecule has 0 saturated carbocycles. The number of hydrogen-bond donors (Lipinski definition) is 3. The minimum absolute atomic E-state index is 0.0341. The molecule has 0 radical (unpaired) electrons. The lowest BCUT2D eigenvalue weighted by Gasteiger charge is -2.29. The summed E-state index contributed by atoms with van der Waals surface area (Å²) in [7, 11) is 0. The largest absolute Gasteiger partial charge is 0.508 e. The molecule has 0 aliphatic rings. The van der Waals surface area contributed by atoms with Crippen LogP contribution in [0.25, 0.3) is 10.4 Å². The molecule has 28 heavy (non-hydrogen) atoms. The maximum absolute atomic E-state index is 12.6. The van der Waals surface area contributed by atoms with Crippen LogP contribution in [0.4, 0.5) is 4.79 Å². The zero-order valence-electron chi connectivity index (χ0n) is 16.5. The molecule has 0 heterocycles. The Hall–Kier alpha value is -3.26. The number of rotatable bonds is 6. The zero-order valence-corrected chi connectivity index (χ0v) is 16.5. The minimum Gasteiger partial charge on any atom is -0.508 e. The van der Waals surface area contributed by atoms with Crippen LogP contribution < -0.4 is 10.6 Å². The first-order valence-corrected chi connectivity index (χ1v) is 8.53. The first kappa shape index (κ1) is 22.8. The van der Waals surface area contributed by atoms with Gasteiger partial charge in [0.15, 0.2) is 0 Å². The van der Waals surface area contributed by atoms with Crippen LogP contribution >= 0.6 is 0 Å². The number of azide groups is 1. The van der Waals surface area contributed by atoms with E-state index in [2.05, 4.69) is 20.7 Å². The Morgan fingerprint density at radius 2 is 1.75 bits per heavy atom. The lowest BCUT2D eigenvalue weighted by atomic mass is 10.0. The van der Waals surface area contributed by atoms with Crippen molar-refractivity contribution in [2.75, 3.05) is 0 Å². The molecule has 1 rings (SSSR count). The lowest BCUT2D eigenvalue weighted by Crippen LogP contribution is -2.58. The summed E-state index contributed by atoms with van der Waals surface area (Å²) in [5.41, 5.74) is 7.02. The number of nitrogens with zero attached hydrogens (tertiary/aromatic N) is 3. The summed E-state index contributed by atoms with van der Waals surface area (Å²) in [6.45, 7) is 7.95. The summed E-state index contributed by atoms with van der Waals surface area (Å²) < 4.78 is 5.13. The van der Waals surface area contributed by atoms with Gasteiger partial charge in [0.2, 0.25) is 11.8 Å². The van der Waals surface area contributed by atoms with Crippen LogP contribution in [0.2, 0.25) is 0 Å².